The molecule has 66 heavy (non-hydrogen) atoms. The average Bonchev–Trinajstić information content (AvgIpc) is 3.84. The Kier molecular flexibility index (Phi) is 19.5. The van der Waals surface area contributed by atoms with E-state index in [1.807, 2.05) is 66.6 Å². The molecule has 2 aromatic rings. The number of nitrogens with zero attached hydrogens (tertiary/aromatic N) is 3. The Hall–Kier alpha value is -4.22. The van der Waals surface area contributed by atoms with E-state index in [4.69, 9.17) is 15.2 Å². The topological polar surface area (TPSA) is 198 Å². The van der Waals surface area contributed by atoms with Crippen LogP contribution in [0.1, 0.15) is 105 Å². The second-order valence-electron chi connectivity index (χ2n) is 19.7. The van der Waals surface area contributed by atoms with Crippen LogP contribution in [0, 0.1) is 29.6 Å². The maximum atomic E-state index is 14.4. The molecule has 2 aromatic carbocycles. The van der Waals surface area contributed by atoms with Crippen LogP contribution in [-0.4, -0.2) is 131 Å². The summed E-state index contributed by atoms with van der Waals surface area (Å²) in [6.07, 6.45) is 2.15. The van der Waals surface area contributed by atoms with Crippen molar-refractivity contribution >= 4 is 39.4 Å². The molecule has 1 saturated heterocycles. The third-order valence-corrected chi connectivity index (χ3v) is 15.4. The van der Waals surface area contributed by atoms with Crippen molar-refractivity contribution in [1.82, 2.24) is 24.7 Å². The third-order valence-electron chi connectivity index (χ3n) is 14.0. The molecular formula is C50H78N6O9S. The van der Waals surface area contributed by atoms with Gasteiger partial charge in [-0.15, -0.1) is 0 Å². The standard InChI is InChI=1S/C50H78N6O9S/c1-13-33(6)45(55(10)49(61)38(31(2)3)29-41(57)44(32(4)5)54(8)9)42(64-11)30-43(58)56-27-17-20-40(56)46(65-12)34(7)47(59)52-39(28-35-18-15-14-16-19-35)48(60)53-66(62,63)37-23-21-36(22-24-37)50(51)25-26-50/h14-16,18-19,21-24,31-34,38-40,42,44-46H,13,17,20,25-30,51H2,1-12H3,(H,52,59)(H,53,60)/t33-,34+,38-,39-,40-,42+,44-,45-,46+/m0/s1. The van der Waals surface area contributed by atoms with Crippen LogP contribution in [0.2, 0.25) is 0 Å². The van der Waals surface area contributed by atoms with Gasteiger partial charge in [0.25, 0.3) is 15.9 Å². The molecule has 0 bridgehead atoms. The fourth-order valence-corrected chi connectivity index (χ4v) is 10.8. The zero-order valence-electron chi connectivity index (χ0n) is 41.4. The molecule has 2 aliphatic rings. The van der Waals surface area contributed by atoms with Gasteiger partial charge < -0.3 is 30.3 Å². The molecule has 1 saturated carbocycles. The number of methoxy groups -OCH3 is 2. The van der Waals surface area contributed by atoms with E-state index in [0.29, 0.717) is 31.4 Å². The van der Waals surface area contributed by atoms with E-state index in [2.05, 4.69) is 10.0 Å². The lowest BCUT2D eigenvalue weighted by atomic mass is 9.83. The first-order chi connectivity index (χ1) is 31.0. The summed E-state index contributed by atoms with van der Waals surface area (Å²) < 4.78 is 41.2. The summed E-state index contributed by atoms with van der Waals surface area (Å²) >= 11 is 0. The molecule has 15 nitrogen and oxygen atoms in total. The van der Waals surface area contributed by atoms with Gasteiger partial charge in [-0.2, -0.15) is 0 Å². The number of sulfonamides is 1. The minimum atomic E-state index is -4.31. The van der Waals surface area contributed by atoms with Crippen molar-refractivity contribution in [3.05, 3.63) is 65.7 Å². The molecule has 1 aliphatic carbocycles. The minimum absolute atomic E-state index is 0.0104. The van der Waals surface area contributed by atoms with Crippen LogP contribution in [0.15, 0.2) is 59.5 Å². The number of hydrogen-bond acceptors (Lipinski definition) is 11. The number of likely N-dealkylation sites (N-methyl/N-ethyl adjacent to an activating group) is 2. The highest BCUT2D eigenvalue weighted by Gasteiger charge is 2.44. The molecule has 0 unspecified atom stereocenters. The third kappa shape index (κ3) is 13.5. The summed E-state index contributed by atoms with van der Waals surface area (Å²) in [5.41, 5.74) is 7.35. The van der Waals surface area contributed by atoms with Crippen LogP contribution in [0.5, 0.6) is 0 Å². The number of carbonyl (C=O) groups excluding carboxylic acids is 5. The van der Waals surface area contributed by atoms with Crippen molar-refractivity contribution in [2.45, 2.75) is 147 Å². The Bertz CT molecular complexity index is 2050. The van der Waals surface area contributed by atoms with E-state index in [-0.39, 0.29) is 65.6 Å². The van der Waals surface area contributed by atoms with E-state index in [0.717, 1.165) is 18.4 Å². The number of ketones is 1. The summed E-state index contributed by atoms with van der Waals surface area (Å²) in [4.78, 5) is 75.7. The van der Waals surface area contributed by atoms with E-state index in [1.165, 1.54) is 19.2 Å². The number of carbonyl (C=O) groups is 5. The summed E-state index contributed by atoms with van der Waals surface area (Å²) in [7, 11) is 4.20. The molecule has 2 fully saturated rings. The van der Waals surface area contributed by atoms with Crippen molar-refractivity contribution in [2.75, 3.05) is 41.9 Å². The second kappa shape index (κ2) is 23.7. The largest absolute Gasteiger partial charge is 0.379 e. The van der Waals surface area contributed by atoms with Gasteiger partial charge in [0.15, 0.2) is 5.78 Å². The van der Waals surface area contributed by atoms with Crippen LogP contribution in [0.4, 0.5) is 0 Å². The number of ether oxygens (including phenoxy) is 2. The van der Waals surface area contributed by atoms with Gasteiger partial charge in [-0.3, -0.25) is 28.9 Å². The molecule has 1 heterocycles. The van der Waals surface area contributed by atoms with Gasteiger partial charge in [-0.1, -0.05) is 97.4 Å². The predicted molar refractivity (Wildman–Crippen MR) is 255 cm³/mol. The van der Waals surface area contributed by atoms with Gasteiger partial charge >= 0.3 is 0 Å². The number of Topliss-reactive ketones (excluding diaryl/α,β-unsaturated/α-hetero) is 1. The Morgan fingerprint density at radius 3 is 2.00 bits per heavy atom. The molecule has 16 heteroatoms. The molecule has 4 amide bonds. The molecule has 4 N–H and O–H groups in total. The molecule has 9 atom stereocenters. The van der Waals surface area contributed by atoms with E-state index in [1.54, 1.807) is 67.3 Å². The Morgan fingerprint density at radius 2 is 1.48 bits per heavy atom. The van der Waals surface area contributed by atoms with Gasteiger partial charge in [-0.25, -0.2) is 13.1 Å². The lowest BCUT2D eigenvalue weighted by molar-refractivity contribution is -0.149. The maximum absolute atomic E-state index is 14.4. The minimum Gasteiger partial charge on any atom is -0.379 e. The van der Waals surface area contributed by atoms with Crippen LogP contribution >= 0.6 is 0 Å². The monoisotopic (exact) mass is 939 g/mol. The SMILES string of the molecule is CC[C@H](C)[C@@H]([C@@H](CC(=O)N1CCC[C@H]1[C@H](OC)[C@@H](C)C(=O)N[C@@H](Cc1ccccc1)C(=O)NS(=O)(=O)c1ccc(C2(N)CC2)cc1)OC)N(C)C(=O)[C@@H](CC(=O)[C@H](C(C)C)N(C)C)C(C)C. The summed E-state index contributed by atoms with van der Waals surface area (Å²) in [6, 6.07) is 12.5. The number of nitrogens with two attached hydrogens (primary N) is 1. The van der Waals surface area contributed by atoms with Crippen LogP contribution in [0.25, 0.3) is 0 Å². The number of hydrogen-bond donors (Lipinski definition) is 3. The van der Waals surface area contributed by atoms with E-state index in [9.17, 15) is 32.4 Å². The lowest BCUT2D eigenvalue weighted by Gasteiger charge is -2.41. The molecule has 4 rings (SSSR count). The first-order valence-electron chi connectivity index (χ1n) is 23.6. The maximum Gasteiger partial charge on any atom is 0.264 e. The van der Waals surface area contributed by atoms with E-state index < -0.39 is 69.5 Å². The fourth-order valence-electron chi connectivity index (χ4n) is 9.78. The second-order valence-corrected chi connectivity index (χ2v) is 21.3. The highest BCUT2D eigenvalue weighted by molar-refractivity contribution is 7.90. The van der Waals surface area contributed by atoms with Crippen molar-refractivity contribution in [3.63, 3.8) is 0 Å². The summed E-state index contributed by atoms with van der Waals surface area (Å²) in [6.45, 7) is 14.1. The normalized spacial score (nSPS) is 19.6. The zero-order chi connectivity index (χ0) is 49.3. The number of likely N-dealkylation sites (tertiary alicyclic amines) is 1. The molecule has 0 spiro atoms. The van der Waals surface area contributed by atoms with Crippen LogP contribution in [-0.2, 0) is 55.4 Å². The number of benzene rings is 2. The predicted octanol–water partition coefficient (Wildman–Crippen LogP) is 4.90. The Labute approximate surface area is 394 Å². The van der Waals surface area contributed by atoms with Gasteiger partial charge in [0.2, 0.25) is 17.7 Å². The highest BCUT2D eigenvalue weighted by Crippen LogP contribution is 2.42. The molecule has 0 aromatic heterocycles. The van der Waals surface area contributed by atoms with Crippen LogP contribution < -0.4 is 15.8 Å². The Morgan fingerprint density at radius 1 is 0.864 bits per heavy atom. The smallest absolute Gasteiger partial charge is 0.264 e. The quantitative estimate of drug-likeness (QED) is 0.122. The van der Waals surface area contributed by atoms with Gasteiger partial charge in [0.05, 0.1) is 47.6 Å². The molecule has 0 radical (unpaired) electrons. The lowest BCUT2D eigenvalue weighted by Crippen LogP contribution is -2.55. The van der Waals surface area contributed by atoms with Crippen LogP contribution in [0.3, 0.4) is 0 Å². The molecule has 368 valence electrons. The Balaban J connectivity index is 1.51. The first kappa shape index (κ1) is 54.4. The van der Waals surface area contributed by atoms with Gasteiger partial charge in [0, 0.05) is 52.1 Å². The fraction of sp³-hybridized carbons (Fsp3) is 0.660. The summed E-state index contributed by atoms with van der Waals surface area (Å²) in [5, 5.41) is 2.81. The number of nitrogens with one attached hydrogen (secondary N) is 2. The summed E-state index contributed by atoms with van der Waals surface area (Å²) in [5.74, 6) is -3.35. The average molecular weight is 939 g/mol. The van der Waals surface area contributed by atoms with Crippen molar-refractivity contribution < 1.29 is 41.9 Å². The first-order valence-corrected chi connectivity index (χ1v) is 25.1. The zero-order valence-corrected chi connectivity index (χ0v) is 42.2. The van der Waals surface area contributed by atoms with Crippen molar-refractivity contribution in [3.8, 4) is 0 Å². The van der Waals surface area contributed by atoms with E-state index >= 15 is 0 Å². The number of amides is 4. The van der Waals surface area contributed by atoms with Crippen molar-refractivity contribution in [2.24, 2.45) is 35.3 Å². The van der Waals surface area contributed by atoms with Gasteiger partial charge in [-0.05, 0) is 80.8 Å². The highest BCUT2D eigenvalue weighted by atomic mass is 32.2. The molecule has 1 aliphatic heterocycles. The number of rotatable bonds is 25. The molecular weight excluding hydrogens is 861 g/mol. The van der Waals surface area contributed by atoms with Crippen molar-refractivity contribution in [1.29, 1.82) is 0 Å². The van der Waals surface area contributed by atoms with Gasteiger partial charge in [0.1, 0.15) is 6.04 Å².